The standard InChI is InChI=1S/C11H22O/c1-4-5-6-7-11(12)9-8-10(2)3/h8,11-12H,4-7,9H2,1-3H3. The third-order valence-corrected chi connectivity index (χ3v) is 1.94. The molecular weight excluding hydrogens is 148 g/mol. The fraction of sp³-hybridized carbons (Fsp3) is 0.818. The van der Waals surface area contributed by atoms with Gasteiger partial charge in [0.05, 0.1) is 6.10 Å². The molecule has 0 aliphatic rings. The zero-order valence-electron chi connectivity index (χ0n) is 8.64. The maximum absolute atomic E-state index is 9.48. The average Bonchev–Trinajstić information content (AvgIpc) is 2.01. The highest BCUT2D eigenvalue weighted by Gasteiger charge is 2.00. The van der Waals surface area contributed by atoms with Crippen molar-refractivity contribution in [3.05, 3.63) is 11.6 Å². The van der Waals surface area contributed by atoms with Crippen LogP contribution in [0.5, 0.6) is 0 Å². The van der Waals surface area contributed by atoms with E-state index in [9.17, 15) is 5.11 Å². The van der Waals surface area contributed by atoms with E-state index >= 15 is 0 Å². The Kier molecular flexibility index (Phi) is 7.17. The summed E-state index contributed by atoms with van der Waals surface area (Å²) in [4.78, 5) is 0. The van der Waals surface area contributed by atoms with Crippen molar-refractivity contribution >= 4 is 0 Å². The quantitative estimate of drug-likeness (QED) is 0.479. The summed E-state index contributed by atoms with van der Waals surface area (Å²) in [6.07, 6.45) is 7.40. The second-order valence-electron chi connectivity index (χ2n) is 3.67. The third kappa shape index (κ3) is 7.80. The van der Waals surface area contributed by atoms with Crippen LogP contribution in [0.1, 0.15) is 52.9 Å². The first kappa shape index (κ1) is 11.7. The summed E-state index contributed by atoms with van der Waals surface area (Å²) >= 11 is 0. The molecule has 1 unspecified atom stereocenters. The normalized spacial score (nSPS) is 12.7. The highest BCUT2D eigenvalue weighted by molar-refractivity contribution is 4.93. The summed E-state index contributed by atoms with van der Waals surface area (Å²) in [5, 5.41) is 9.48. The summed E-state index contributed by atoms with van der Waals surface area (Å²) in [6, 6.07) is 0. The van der Waals surface area contributed by atoms with Crippen molar-refractivity contribution in [1.29, 1.82) is 0 Å². The summed E-state index contributed by atoms with van der Waals surface area (Å²) in [6.45, 7) is 6.32. The van der Waals surface area contributed by atoms with Gasteiger partial charge in [-0.2, -0.15) is 0 Å². The number of allylic oxidation sites excluding steroid dienone is 1. The van der Waals surface area contributed by atoms with E-state index in [2.05, 4.69) is 26.8 Å². The van der Waals surface area contributed by atoms with Crippen molar-refractivity contribution in [2.45, 2.75) is 59.0 Å². The maximum Gasteiger partial charge on any atom is 0.0574 e. The van der Waals surface area contributed by atoms with Gasteiger partial charge < -0.3 is 5.11 Å². The number of unbranched alkanes of at least 4 members (excludes halogenated alkanes) is 2. The molecule has 0 saturated heterocycles. The minimum atomic E-state index is -0.119. The van der Waals surface area contributed by atoms with Gasteiger partial charge in [-0.3, -0.25) is 0 Å². The molecule has 12 heavy (non-hydrogen) atoms. The van der Waals surface area contributed by atoms with Crippen LogP contribution in [0.4, 0.5) is 0 Å². The lowest BCUT2D eigenvalue weighted by Gasteiger charge is -2.06. The molecule has 1 heteroatoms. The molecule has 0 radical (unpaired) electrons. The van der Waals surface area contributed by atoms with E-state index in [1.54, 1.807) is 0 Å². The first-order valence-corrected chi connectivity index (χ1v) is 4.98. The topological polar surface area (TPSA) is 20.2 Å². The lowest BCUT2D eigenvalue weighted by molar-refractivity contribution is 0.164. The summed E-state index contributed by atoms with van der Waals surface area (Å²) < 4.78 is 0. The lowest BCUT2D eigenvalue weighted by atomic mass is 10.1. The van der Waals surface area contributed by atoms with Gasteiger partial charge in [-0.1, -0.05) is 37.8 Å². The molecule has 0 aromatic rings. The fourth-order valence-corrected chi connectivity index (χ4v) is 1.12. The Morgan fingerprint density at radius 2 is 2.00 bits per heavy atom. The van der Waals surface area contributed by atoms with E-state index in [4.69, 9.17) is 0 Å². The van der Waals surface area contributed by atoms with Gasteiger partial charge in [0.1, 0.15) is 0 Å². The fourth-order valence-electron chi connectivity index (χ4n) is 1.12. The number of aliphatic hydroxyl groups is 1. The Balaban J connectivity index is 3.33. The zero-order chi connectivity index (χ0) is 9.40. The van der Waals surface area contributed by atoms with Crippen LogP contribution in [0.25, 0.3) is 0 Å². The molecule has 0 spiro atoms. The van der Waals surface area contributed by atoms with Crippen LogP contribution in [0.15, 0.2) is 11.6 Å². The van der Waals surface area contributed by atoms with Gasteiger partial charge in [0, 0.05) is 0 Å². The van der Waals surface area contributed by atoms with Crippen molar-refractivity contribution < 1.29 is 5.11 Å². The molecule has 1 N–H and O–H groups in total. The van der Waals surface area contributed by atoms with Crippen LogP contribution in [0.2, 0.25) is 0 Å². The molecule has 0 rings (SSSR count). The van der Waals surface area contributed by atoms with Crippen LogP contribution in [0.3, 0.4) is 0 Å². The van der Waals surface area contributed by atoms with Crippen LogP contribution in [-0.2, 0) is 0 Å². The molecule has 0 aromatic carbocycles. The van der Waals surface area contributed by atoms with Gasteiger partial charge in [-0.25, -0.2) is 0 Å². The lowest BCUT2D eigenvalue weighted by Crippen LogP contribution is -2.04. The predicted molar refractivity (Wildman–Crippen MR) is 54.2 cm³/mol. The maximum atomic E-state index is 9.48. The Labute approximate surface area is 76.5 Å². The van der Waals surface area contributed by atoms with Crippen molar-refractivity contribution in [3.63, 3.8) is 0 Å². The molecular formula is C11H22O. The Morgan fingerprint density at radius 1 is 1.33 bits per heavy atom. The van der Waals surface area contributed by atoms with E-state index in [-0.39, 0.29) is 6.10 Å². The molecule has 72 valence electrons. The van der Waals surface area contributed by atoms with Gasteiger partial charge >= 0.3 is 0 Å². The van der Waals surface area contributed by atoms with E-state index in [0.29, 0.717) is 0 Å². The first-order valence-electron chi connectivity index (χ1n) is 4.98. The Bertz CT molecular complexity index is 123. The van der Waals surface area contributed by atoms with Gasteiger partial charge in [-0.15, -0.1) is 0 Å². The number of hydrogen-bond acceptors (Lipinski definition) is 1. The second kappa shape index (κ2) is 7.35. The monoisotopic (exact) mass is 170 g/mol. The van der Waals surface area contributed by atoms with Crippen LogP contribution in [-0.4, -0.2) is 11.2 Å². The van der Waals surface area contributed by atoms with E-state index < -0.39 is 0 Å². The van der Waals surface area contributed by atoms with Crippen LogP contribution >= 0.6 is 0 Å². The third-order valence-electron chi connectivity index (χ3n) is 1.94. The van der Waals surface area contributed by atoms with Gasteiger partial charge in [0.2, 0.25) is 0 Å². The summed E-state index contributed by atoms with van der Waals surface area (Å²) in [5.41, 5.74) is 1.30. The van der Waals surface area contributed by atoms with E-state index in [0.717, 1.165) is 19.3 Å². The minimum absolute atomic E-state index is 0.119. The van der Waals surface area contributed by atoms with Crippen molar-refractivity contribution in [1.82, 2.24) is 0 Å². The molecule has 0 bridgehead atoms. The minimum Gasteiger partial charge on any atom is -0.393 e. The van der Waals surface area contributed by atoms with Gasteiger partial charge in [0.15, 0.2) is 0 Å². The molecule has 0 heterocycles. The molecule has 0 amide bonds. The predicted octanol–water partition coefficient (Wildman–Crippen LogP) is 3.28. The van der Waals surface area contributed by atoms with E-state index in [1.165, 1.54) is 18.4 Å². The first-order chi connectivity index (χ1) is 5.66. The number of aliphatic hydroxyl groups excluding tert-OH is 1. The van der Waals surface area contributed by atoms with E-state index in [1.807, 2.05) is 0 Å². The molecule has 0 fully saturated rings. The summed E-state index contributed by atoms with van der Waals surface area (Å²) in [7, 11) is 0. The largest absolute Gasteiger partial charge is 0.393 e. The molecule has 1 atom stereocenters. The molecule has 1 nitrogen and oxygen atoms in total. The molecule has 0 saturated carbocycles. The van der Waals surface area contributed by atoms with Gasteiger partial charge in [-0.05, 0) is 26.7 Å². The number of hydrogen-bond donors (Lipinski definition) is 1. The van der Waals surface area contributed by atoms with Gasteiger partial charge in [0.25, 0.3) is 0 Å². The SMILES string of the molecule is CCCCCC(O)CC=C(C)C. The molecule has 0 aliphatic carbocycles. The highest BCUT2D eigenvalue weighted by atomic mass is 16.3. The van der Waals surface area contributed by atoms with Crippen molar-refractivity contribution in [2.24, 2.45) is 0 Å². The van der Waals surface area contributed by atoms with Crippen LogP contribution < -0.4 is 0 Å². The van der Waals surface area contributed by atoms with Crippen molar-refractivity contribution in [3.8, 4) is 0 Å². The highest BCUT2D eigenvalue weighted by Crippen LogP contribution is 2.07. The second-order valence-corrected chi connectivity index (χ2v) is 3.67. The molecule has 0 aromatic heterocycles. The zero-order valence-corrected chi connectivity index (χ0v) is 8.64. The van der Waals surface area contributed by atoms with Crippen molar-refractivity contribution in [2.75, 3.05) is 0 Å². The molecule has 0 aliphatic heterocycles. The smallest absolute Gasteiger partial charge is 0.0574 e. The van der Waals surface area contributed by atoms with Crippen LogP contribution in [0, 0.1) is 0 Å². The number of rotatable bonds is 6. The summed E-state index contributed by atoms with van der Waals surface area (Å²) in [5.74, 6) is 0. The Hall–Kier alpha value is -0.300. The average molecular weight is 170 g/mol. The Morgan fingerprint density at radius 3 is 2.50 bits per heavy atom.